The molecule has 2 unspecified atom stereocenters. The first-order valence-corrected chi connectivity index (χ1v) is 8.00. The molecule has 1 N–H and O–H groups in total. The van der Waals surface area contributed by atoms with Crippen LogP contribution in [0.15, 0.2) is 24.3 Å². The second kappa shape index (κ2) is 8.90. The maximum atomic E-state index is 5.97. The highest BCUT2D eigenvalue weighted by molar-refractivity contribution is 5.32. The first-order valence-electron chi connectivity index (χ1n) is 8.00. The third kappa shape index (κ3) is 5.21. The van der Waals surface area contributed by atoms with Crippen LogP contribution in [0.25, 0.3) is 0 Å². The van der Waals surface area contributed by atoms with Gasteiger partial charge in [-0.15, -0.1) is 0 Å². The van der Waals surface area contributed by atoms with E-state index >= 15 is 0 Å². The summed E-state index contributed by atoms with van der Waals surface area (Å²) in [5.41, 5.74) is 0. The quantitative estimate of drug-likeness (QED) is 0.760. The molecule has 1 saturated heterocycles. The Morgan fingerprint density at radius 1 is 1.29 bits per heavy atom. The van der Waals surface area contributed by atoms with E-state index in [1.54, 1.807) is 0 Å². The first-order chi connectivity index (χ1) is 10.3. The summed E-state index contributed by atoms with van der Waals surface area (Å²) in [6.45, 7) is 8.23. The fraction of sp³-hybridized carbons (Fsp3) is 0.647. The molecule has 1 heterocycles. The van der Waals surface area contributed by atoms with Crippen LogP contribution in [0, 0.1) is 5.92 Å². The van der Waals surface area contributed by atoms with Crippen LogP contribution in [0.5, 0.6) is 11.5 Å². The monoisotopic (exact) mass is 293 g/mol. The molecule has 2 atom stereocenters. The minimum Gasteiger partial charge on any atom is -0.494 e. The highest BCUT2D eigenvalue weighted by Crippen LogP contribution is 2.22. The molecular weight excluding hydrogens is 266 g/mol. The molecule has 4 heteroatoms. The van der Waals surface area contributed by atoms with Gasteiger partial charge in [0.15, 0.2) is 0 Å². The van der Waals surface area contributed by atoms with Crippen molar-refractivity contribution >= 4 is 0 Å². The normalized spacial score (nSPS) is 19.4. The van der Waals surface area contributed by atoms with Crippen LogP contribution in [-0.2, 0) is 4.74 Å². The molecule has 118 valence electrons. The Balaban J connectivity index is 1.89. The smallest absolute Gasteiger partial charge is 0.123 e. The van der Waals surface area contributed by atoms with Crippen molar-refractivity contribution in [2.75, 3.05) is 33.0 Å². The minimum absolute atomic E-state index is 0.350. The molecule has 1 aromatic rings. The zero-order valence-electron chi connectivity index (χ0n) is 13.1. The molecule has 0 bridgehead atoms. The molecular formula is C17H27NO3. The first kappa shape index (κ1) is 16.1. The number of hydrogen-bond donors (Lipinski definition) is 1. The molecule has 1 fully saturated rings. The van der Waals surface area contributed by atoms with E-state index < -0.39 is 0 Å². The maximum absolute atomic E-state index is 5.97. The standard InChI is InChI=1S/C17H27NO3/c1-3-9-18-17(14-8-10-19-12-14)13-21-16-7-5-6-15(11-16)20-4-2/h5-7,11,14,17-18H,3-4,8-10,12-13H2,1-2H3. The SMILES string of the molecule is CCCNC(COc1cccc(OCC)c1)C1CCOC1. The highest BCUT2D eigenvalue weighted by atomic mass is 16.5. The molecule has 21 heavy (non-hydrogen) atoms. The average Bonchev–Trinajstić information content (AvgIpc) is 3.02. The van der Waals surface area contributed by atoms with Gasteiger partial charge in [-0.05, 0) is 38.4 Å². The molecule has 1 aliphatic rings. The number of hydrogen-bond acceptors (Lipinski definition) is 4. The van der Waals surface area contributed by atoms with E-state index in [2.05, 4.69) is 12.2 Å². The Hall–Kier alpha value is -1.26. The second-order valence-electron chi connectivity index (χ2n) is 5.40. The van der Waals surface area contributed by atoms with Crippen molar-refractivity contribution in [2.24, 2.45) is 5.92 Å². The number of rotatable bonds is 9. The van der Waals surface area contributed by atoms with Gasteiger partial charge in [0.2, 0.25) is 0 Å². The predicted octanol–water partition coefficient (Wildman–Crippen LogP) is 2.87. The Morgan fingerprint density at radius 3 is 2.76 bits per heavy atom. The summed E-state index contributed by atoms with van der Waals surface area (Å²) < 4.78 is 17.0. The molecule has 4 nitrogen and oxygen atoms in total. The summed E-state index contributed by atoms with van der Waals surface area (Å²) in [5.74, 6) is 2.27. The van der Waals surface area contributed by atoms with Gasteiger partial charge in [-0.25, -0.2) is 0 Å². The van der Waals surface area contributed by atoms with E-state index in [-0.39, 0.29) is 0 Å². The van der Waals surface area contributed by atoms with Crippen molar-refractivity contribution in [3.05, 3.63) is 24.3 Å². The van der Waals surface area contributed by atoms with Crippen molar-refractivity contribution in [1.29, 1.82) is 0 Å². The largest absolute Gasteiger partial charge is 0.494 e. The summed E-state index contributed by atoms with van der Waals surface area (Å²) in [6, 6.07) is 8.19. The van der Waals surface area contributed by atoms with E-state index in [0.29, 0.717) is 25.2 Å². The Morgan fingerprint density at radius 2 is 2.10 bits per heavy atom. The molecule has 0 aliphatic carbocycles. The minimum atomic E-state index is 0.350. The summed E-state index contributed by atoms with van der Waals surface area (Å²) in [6.07, 6.45) is 2.24. The predicted molar refractivity (Wildman–Crippen MR) is 84.1 cm³/mol. The average molecular weight is 293 g/mol. The molecule has 2 rings (SSSR count). The van der Waals surface area contributed by atoms with Crippen molar-refractivity contribution < 1.29 is 14.2 Å². The van der Waals surface area contributed by atoms with Crippen LogP contribution in [-0.4, -0.2) is 39.0 Å². The number of nitrogens with one attached hydrogen (secondary N) is 1. The molecule has 1 aromatic carbocycles. The lowest BCUT2D eigenvalue weighted by Gasteiger charge is -2.24. The van der Waals surface area contributed by atoms with Gasteiger partial charge in [-0.2, -0.15) is 0 Å². The topological polar surface area (TPSA) is 39.7 Å². The van der Waals surface area contributed by atoms with Gasteiger partial charge < -0.3 is 19.5 Å². The number of benzene rings is 1. The Bertz CT molecular complexity index is 405. The maximum Gasteiger partial charge on any atom is 0.123 e. The molecule has 0 amide bonds. The third-order valence-electron chi connectivity index (χ3n) is 3.74. The van der Waals surface area contributed by atoms with Crippen LogP contribution in [0.1, 0.15) is 26.7 Å². The molecule has 0 saturated carbocycles. The highest BCUT2D eigenvalue weighted by Gasteiger charge is 2.25. The number of ether oxygens (including phenoxy) is 3. The molecule has 1 aliphatic heterocycles. The summed E-state index contributed by atoms with van der Waals surface area (Å²) in [5, 5.41) is 3.59. The zero-order valence-corrected chi connectivity index (χ0v) is 13.1. The molecule has 0 aromatic heterocycles. The lowest BCUT2D eigenvalue weighted by Crippen LogP contribution is -2.41. The molecule has 0 radical (unpaired) electrons. The van der Waals surface area contributed by atoms with Gasteiger partial charge in [0.1, 0.15) is 18.1 Å². The lowest BCUT2D eigenvalue weighted by atomic mass is 9.99. The van der Waals surface area contributed by atoms with Gasteiger partial charge in [0, 0.05) is 24.6 Å². The van der Waals surface area contributed by atoms with E-state index in [9.17, 15) is 0 Å². The van der Waals surface area contributed by atoms with Crippen LogP contribution in [0.4, 0.5) is 0 Å². The van der Waals surface area contributed by atoms with Gasteiger partial charge in [-0.1, -0.05) is 13.0 Å². The van der Waals surface area contributed by atoms with Crippen LogP contribution in [0.2, 0.25) is 0 Å². The van der Waals surface area contributed by atoms with E-state index in [0.717, 1.165) is 44.1 Å². The van der Waals surface area contributed by atoms with Crippen LogP contribution in [0.3, 0.4) is 0 Å². The van der Waals surface area contributed by atoms with E-state index in [1.165, 1.54) is 0 Å². The molecule has 0 spiro atoms. The van der Waals surface area contributed by atoms with Crippen LogP contribution < -0.4 is 14.8 Å². The Kier molecular flexibility index (Phi) is 6.83. The fourth-order valence-electron chi connectivity index (χ4n) is 2.57. The van der Waals surface area contributed by atoms with E-state index in [1.807, 2.05) is 31.2 Å². The van der Waals surface area contributed by atoms with Crippen LogP contribution >= 0.6 is 0 Å². The van der Waals surface area contributed by atoms with Gasteiger partial charge in [0.25, 0.3) is 0 Å². The van der Waals surface area contributed by atoms with E-state index in [4.69, 9.17) is 14.2 Å². The zero-order chi connectivity index (χ0) is 14.9. The van der Waals surface area contributed by atoms with Gasteiger partial charge in [0.05, 0.1) is 13.2 Å². The van der Waals surface area contributed by atoms with Gasteiger partial charge in [-0.3, -0.25) is 0 Å². The summed E-state index contributed by atoms with van der Waals surface area (Å²) in [4.78, 5) is 0. The summed E-state index contributed by atoms with van der Waals surface area (Å²) >= 11 is 0. The summed E-state index contributed by atoms with van der Waals surface area (Å²) in [7, 11) is 0. The fourth-order valence-corrected chi connectivity index (χ4v) is 2.57. The van der Waals surface area contributed by atoms with Crippen molar-refractivity contribution in [2.45, 2.75) is 32.7 Å². The third-order valence-corrected chi connectivity index (χ3v) is 3.74. The second-order valence-corrected chi connectivity index (χ2v) is 5.40. The van der Waals surface area contributed by atoms with Crippen molar-refractivity contribution in [3.63, 3.8) is 0 Å². The van der Waals surface area contributed by atoms with Crippen molar-refractivity contribution in [1.82, 2.24) is 5.32 Å². The van der Waals surface area contributed by atoms with Crippen molar-refractivity contribution in [3.8, 4) is 11.5 Å². The lowest BCUT2D eigenvalue weighted by molar-refractivity contribution is 0.160. The Labute approximate surface area is 127 Å². The van der Waals surface area contributed by atoms with Gasteiger partial charge >= 0.3 is 0 Å².